The average molecular weight is 434 g/mol. The number of rotatable bonds is 4. The van der Waals surface area contributed by atoms with Crippen LogP contribution in [0.3, 0.4) is 0 Å². The summed E-state index contributed by atoms with van der Waals surface area (Å²) in [5.41, 5.74) is 3.70. The molecule has 0 bridgehead atoms. The maximum Gasteiger partial charge on any atom is 0.226 e. The van der Waals surface area contributed by atoms with Gasteiger partial charge in [0.1, 0.15) is 0 Å². The van der Waals surface area contributed by atoms with Crippen molar-refractivity contribution in [3.63, 3.8) is 0 Å². The normalized spacial score (nSPS) is 19.0. The van der Waals surface area contributed by atoms with Crippen molar-refractivity contribution in [2.45, 2.75) is 32.9 Å². The molecule has 158 valence electrons. The van der Waals surface area contributed by atoms with Crippen LogP contribution >= 0.6 is 11.3 Å². The van der Waals surface area contributed by atoms with Gasteiger partial charge in [0, 0.05) is 6.20 Å². The second kappa shape index (κ2) is 8.16. The van der Waals surface area contributed by atoms with Crippen LogP contribution in [0.2, 0.25) is 0 Å². The maximum atomic E-state index is 5.68. The van der Waals surface area contributed by atoms with E-state index in [0.717, 1.165) is 21.8 Å². The number of anilines is 1. The van der Waals surface area contributed by atoms with E-state index in [-0.39, 0.29) is 12.1 Å². The monoisotopic (exact) mass is 433 g/mol. The summed E-state index contributed by atoms with van der Waals surface area (Å²) in [5.74, 6) is 1.31. The average Bonchev–Trinajstić information content (AvgIpc) is 3.47. The van der Waals surface area contributed by atoms with Crippen molar-refractivity contribution in [2.24, 2.45) is 0 Å². The molecule has 2 atom stereocenters. The Morgan fingerprint density at radius 3 is 2.55 bits per heavy atom. The molecular weight excluding hydrogens is 410 g/mol. The number of hydrogen-bond acceptors (Lipinski definition) is 8. The largest absolute Gasteiger partial charge is 0.377 e. The van der Waals surface area contributed by atoms with Gasteiger partial charge in [-0.05, 0) is 54.8 Å². The Kier molecular flexibility index (Phi) is 5.21. The molecule has 4 aromatic rings. The Balaban J connectivity index is 1.64. The molecule has 0 spiro atoms. The third kappa shape index (κ3) is 3.70. The van der Waals surface area contributed by atoms with Crippen LogP contribution in [0.5, 0.6) is 0 Å². The van der Waals surface area contributed by atoms with Crippen LogP contribution in [0.15, 0.2) is 48.0 Å². The number of aryl methyl sites for hydroxylation is 1. The number of ether oxygens (including phenoxy) is 1. The van der Waals surface area contributed by atoms with Gasteiger partial charge in [-0.1, -0.05) is 23.8 Å². The van der Waals surface area contributed by atoms with Crippen LogP contribution in [-0.4, -0.2) is 55.5 Å². The van der Waals surface area contributed by atoms with E-state index >= 15 is 0 Å². The molecule has 9 heteroatoms. The highest BCUT2D eigenvalue weighted by molar-refractivity contribution is 7.13. The van der Waals surface area contributed by atoms with Gasteiger partial charge in [-0.2, -0.15) is 4.68 Å². The number of morpholine rings is 1. The van der Waals surface area contributed by atoms with Crippen molar-refractivity contribution >= 4 is 17.3 Å². The van der Waals surface area contributed by atoms with Gasteiger partial charge in [0.05, 0.1) is 47.1 Å². The van der Waals surface area contributed by atoms with E-state index < -0.39 is 0 Å². The topological polar surface area (TPSA) is 81.9 Å². The quantitative estimate of drug-likeness (QED) is 0.484. The van der Waals surface area contributed by atoms with Crippen LogP contribution in [0.1, 0.15) is 19.4 Å². The molecule has 0 radical (unpaired) electrons. The number of hydrogen-bond donors (Lipinski definition) is 0. The van der Waals surface area contributed by atoms with Crippen LogP contribution in [0.25, 0.3) is 27.6 Å². The Bertz CT molecular complexity index is 1160. The van der Waals surface area contributed by atoms with Crippen molar-refractivity contribution in [1.82, 2.24) is 30.2 Å². The Morgan fingerprint density at radius 2 is 1.84 bits per heavy atom. The van der Waals surface area contributed by atoms with Crippen LogP contribution in [0, 0.1) is 6.92 Å². The van der Waals surface area contributed by atoms with Crippen molar-refractivity contribution < 1.29 is 4.74 Å². The second-order valence-electron chi connectivity index (χ2n) is 7.80. The molecule has 5 rings (SSSR count). The smallest absolute Gasteiger partial charge is 0.226 e. The van der Waals surface area contributed by atoms with E-state index in [0.29, 0.717) is 25.0 Å². The molecule has 3 aromatic heterocycles. The van der Waals surface area contributed by atoms with E-state index in [1.54, 1.807) is 16.0 Å². The Labute approximate surface area is 184 Å². The summed E-state index contributed by atoms with van der Waals surface area (Å²) in [6.45, 7) is 7.65. The number of benzene rings is 1. The van der Waals surface area contributed by atoms with E-state index in [1.165, 1.54) is 5.56 Å². The van der Waals surface area contributed by atoms with Gasteiger partial charge >= 0.3 is 0 Å². The molecule has 0 N–H and O–H groups in total. The molecule has 0 aliphatic carbocycles. The van der Waals surface area contributed by atoms with Crippen LogP contribution in [0.4, 0.5) is 5.95 Å². The van der Waals surface area contributed by atoms with Crippen molar-refractivity contribution in [3.8, 4) is 27.6 Å². The summed E-state index contributed by atoms with van der Waals surface area (Å²) < 4.78 is 7.41. The zero-order valence-electron chi connectivity index (χ0n) is 17.6. The van der Waals surface area contributed by atoms with Gasteiger partial charge in [-0.3, -0.25) is 0 Å². The first-order valence-electron chi connectivity index (χ1n) is 10.2. The standard InChI is InChI=1S/C22H23N7OS/c1-14-6-8-17(9-7-14)29-21(25-26-27-29)18-11-23-22(24-20(18)19-5-4-10-31-19)28-15(2)12-30-13-16(28)3/h4-11,15-16H,12-13H2,1-3H3/t15-,16-/m1/s1. The molecule has 0 unspecified atom stereocenters. The number of tetrazole rings is 1. The lowest BCUT2D eigenvalue weighted by atomic mass is 10.1. The third-order valence-electron chi connectivity index (χ3n) is 5.42. The zero-order valence-corrected chi connectivity index (χ0v) is 18.5. The molecular formula is C22H23N7OS. The van der Waals surface area contributed by atoms with Gasteiger partial charge in [0.25, 0.3) is 0 Å². The molecule has 1 fully saturated rings. The first kappa shape index (κ1) is 19.8. The van der Waals surface area contributed by atoms with Gasteiger partial charge in [-0.15, -0.1) is 16.4 Å². The fourth-order valence-corrected chi connectivity index (χ4v) is 4.60. The lowest BCUT2D eigenvalue weighted by molar-refractivity contribution is 0.0747. The van der Waals surface area contributed by atoms with Crippen molar-refractivity contribution in [1.29, 1.82) is 0 Å². The molecule has 1 aliphatic rings. The maximum absolute atomic E-state index is 5.68. The summed E-state index contributed by atoms with van der Waals surface area (Å²) in [7, 11) is 0. The zero-order chi connectivity index (χ0) is 21.4. The van der Waals surface area contributed by atoms with E-state index in [2.05, 4.69) is 47.3 Å². The molecule has 1 saturated heterocycles. The van der Waals surface area contributed by atoms with Crippen LogP contribution < -0.4 is 4.90 Å². The lowest BCUT2D eigenvalue weighted by Crippen LogP contribution is -2.50. The minimum absolute atomic E-state index is 0.198. The number of nitrogens with zero attached hydrogens (tertiary/aromatic N) is 7. The van der Waals surface area contributed by atoms with Crippen LogP contribution in [-0.2, 0) is 4.74 Å². The summed E-state index contributed by atoms with van der Waals surface area (Å²) in [5, 5.41) is 14.5. The Hall–Kier alpha value is -3.17. The van der Waals surface area contributed by atoms with Crippen molar-refractivity contribution in [2.75, 3.05) is 18.1 Å². The fourth-order valence-electron chi connectivity index (χ4n) is 3.88. The van der Waals surface area contributed by atoms with Gasteiger partial charge in [0.2, 0.25) is 5.95 Å². The van der Waals surface area contributed by atoms with E-state index in [1.807, 2.05) is 41.9 Å². The highest BCUT2D eigenvalue weighted by Gasteiger charge is 2.29. The highest BCUT2D eigenvalue weighted by Crippen LogP contribution is 2.34. The minimum Gasteiger partial charge on any atom is -0.377 e. The fraction of sp³-hybridized carbons (Fsp3) is 0.318. The predicted octanol–water partition coefficient (Wildman–Crippen LogP) is 3.77. The molecule has 1 aliphatic heterocycles. The molecule has 31 heavy (non-hydrogen) atoms. The molecule has 0 saturated carbocycles. The van der Waals surface area contributed by atoms with Crippen molar-refractivity contribution in [3.05, 3.63) is 53.5 Å². The highest BCUT2D eigenvalue weighted by atomic mass is 32.1. The van der Waals surface area contributed by atoms with E-state index in [9.17, 15) is 0 Å². The minimum atomic E-state index is 0.198. The number of thiophene rings is 1. The molecule has 1 aromatic carbocycles. The lowest BCUT2D eigenvalue weighted by Gasteiger charge is -2.38. The van der Waals surface area contributed by atoms with E-state index in [4.69, 9.17) is 14.7 Å². The Morgan fingerprint density at radius 1 is 1.06 bits per heavy atom. The summed E-state index contributed by atoms with van der Waals surface area (Å²) in [6.07, 6.45) is 1.84. The first-order valence-corrected chi connectivity index (χ1v) is 11.1. The molecule has 8 nitrogen and oxygen atoms in total. The number of aromatic nitrogens is 6. The molecule has 0 amide bonds. The second-order valence-corrected chi connectivity index (χ2v) is 8.75. The summed E-state index contributed by atoms with van der Waals surface area (Å²) in [6, 6.07) is 12.6. The van der Waals surface area contributed by atoms with Gasteiger partial charge in [0.15, 0.2) is 5.82 Å². The van der Waals surface area contributed by atoms with Gasteiger partial charge in [-0.25, -0.2) is 9.97 Å². The summed E-state index contributed by atoms with van der Waals surface area (Å²) in [4.78, 5) is 13.0. The van der Waals surface area contributed by atoms with Gasteiger partial charge < -0.3 is 9.64 Å². The SMILES string of the molecule is Cc1ccc(-n2nnnc2-c2cnc(N3[C@H](C)COC[C@H]3C)nc2-c2cccs2)cc1. The predicted molar refractivity (Wildman–Crippen MR) is 120 cm³/mol. The molecule has 4 heterocycles. The first-order chi connectivity index (χ1) is 15.1. The third-order valence-corrected chi connectivity index (χ3v) is 6.29. The summed E-state index contributed by atoms with van der Waals surface area (Å²) >= 11 is 1.64.